The van der Waals surface area contributed by atoms with Gasteiger partial charge >= 0.3 is 6.18 Å². The number of anilines is 2. The van der Waals surface area contributed by atoms with E-state index in [9.17, 15) is 22.8 Å². The van der Waals surface area contributed by atoms with Crippen molar-refractivity contribution in [2.75, 3.05) is 16.8 Å². The number of amides is 2. The van der Waals surface area contributed by atoms with E-state index >= 15 is 0 Å². The van der Waals surface area contributed by atoms with Crippen LogP contribution in [-0.2, 0) is 9.59 Å². The van der Waals surface area contributed by atoms with E-state index in [2.05, 4.69) is 5.32 Å². The molecule has 0 fully saturated rings. The molecule has 1 atom stereocenters. The summed E-state index contributed by atoms with van der Waals surface area (Å²) >= 11 is 0. The quantitative estimate of drug-likeness (QED) is 0.919. The van der Waals surface area contributed by atoms with E-state index in [1.165, 1.54) is 12.1 Å². The number of alkyl halides is 3. The van der Waals surface area contributed by atoms with Crippen LogP contribution in [-0.4, -0.2) is 24.5 Å². The van der Waals surface area contributed by atoms with Gasteiger partial charge in [-0.1, -0.05) is 36.4 Å². The molecule has 25 heavy (non-hydrogen) atoms. The minimum Gasteiger partial charge on any atom is -0.326 e. The van der Waals surface area contributed by atoms with Gasteiger partial charge in [0, 0.05) is 17.8 Å². The first-order valence-corrected chi connectivity index (χ1v) is 7.67. The van der Waals surface area contributed by atoms with Gasteiger partial charge in [0.2, 0.25) is 11.8 Å². The van der Waals surface area contributed by atoms with Crippen molar-refractivity contribution in [3.8, 4) is 0 Å². The number of carbonyl (C=O) groups excluding carboxylic acids is 2. The van der Waals surface area contributed by atoms with E-state index in [1.807, 2.05) is 0 Å². The van der Waals surface area contributed by atoms with Gasteiger partial charge in [-0.05, 0) is 23.8 Å². The van der Waals surface area contributed by atoms with Crippen LogP contribution in [0, 0.1) is 0 Å². The molecule has 3 rings (SSSR count). The van der Waals surface area contributed by atoms with Gasteiger partial charge in [0.15, 0.2) is 0 Å². The zero-order valence-electron chi connectivity index (χ0n) is 13.1. The Morgan fingerprint density at radius 3 is 2.40 bits per heavy atom. The molecule has 4 nitrogen and oxygen atoms in total. The highest BCUT2D eigenvalue weighted by Crippen LogP contribution is 2.35. The molecule has 0 unspecified atom stereocenters. The predicted octanol–water partition coefficient (Wildman–Crippen LogP) is 3.71. The van der Waals surface area contributed by atoms with Crippen molar-refractivity contribution in [2.24, 2.45) is 0 Å². The third-order valence-electron chi connectivity index (χ3n) is 3.97. The number of fused-ring (bicyclic) bond motifs is 1. The summed E-state index contributed by atoms with van der Waals surface area (Å²) in [6.07, 6.45) is -4.74. The number of benzene rings is 2. The highest BCUT2D eigenvalue weighted by Gasteiger charge is 2.39. The molecule has 0 radical (unpaired) electrons. The van der Waals surface area contributed by atoms with Crippen LogP contribution in [0.1, 0.15) is 17.9 Å². The fourth-order valence-corrected chi connectivity index (χ4v) is 2.90. The average molecular weight is 348 g/mol. The normalized spacial score (nSPS) is 16.8. The Bertz CT molecular complexity index is 790. The van der Waals surface area contributed by atoms with Crippen molar-refractivity contribution in [1.29, 1.82) is 0 Å². The van der Waals surface area contributed by atoms with Crippen LogP contribution in [0.5, 0.6) is 0 Å². The number of para-hydroxylation sites is 2. The fraction of sp³-hybridized carbons (Fsp3) is 0.222. The standard InChI is InChI=1S/C18H15F3N2O2/c19-18(20,21)11-23(12-6-2-1-3-7-12)17(25)14-10-16(24)22-15-9-5-4-8-13(14)15/h1-9,14H,10-11H2,(H,22,24)/t14-/m0/s1. The molecule has 1 heterocycles. The van der Waals surface area contributed by atoms with Crippen molar-refractivity contribution in [2.45, 2.75) is 18.5 Å². The highest BCUT2D eigenvalue weighted by atomic mass is 19.4. The lowest BCUT2D eigenvalue weighted by atomic mass is 9.89. The monoisotopic (exact) mass is 348 g/mol. The predicted molar refractivity (Wildman–Crippen MR) is 87.3 cm³/mol. The fourth-order valence-electron chi connectivity index (χ4n) is 2.90. The van der Waals surface area contributed by atoms with Gasteiger partial charge in [0.1, 0.15) is 6.54 Å². The summed E-state index contributed by atoms with van der Waals surface area (Å²) in [5.41, 5.74) is 1.13. The lowest BCUT2D eigenvalue weighted by Gasteiger charge is -2.31. The zero-order valence-corrected chi connectivity index (χ0v) is 13.1. The van der Waals surface area contributed by atoms with Crippen LogP contribution < -0.4 is 10.2 Å². The van der Waals surface area contributed by atoms with Gasteiger partial charge in [-0.2, -0.15) is 13.2 Å². The smallest absolute Gasteiger partial charge is 0.326 e. The van der Waals surface area contributed by atoms with Crippen molar-refractivity contribution in [1.82, 2.24) is 0 Å². The largest absolute Gasteiger partial charge is 0.406 e. The summed E-state index contributed by atoms with van der Waals surface area (Å²) in [6, 6.07) is 14.3. The topological polar surface area (TPSA) is 49.4 Å². The highest BCUT2D eigenvalue weighted by molar-refractivity contribution is 6.06. The number of carbonyl (C=O) groups is 2. The van der Waals surface area contributed by atoms with E-state index in [0.29, 0.717) is 16.2 Å². The number of nitrogens with zero attached hydrogens (tertiary/aromatic N) is 1. The third-order valence-corrected chi connectivity index (χ3v) is 3.97. The maximum Gasteiger partial charge on any atom is 0.406 e. The molecule has 2 aromatic carbocycles. The molecule has 2 aromatic rings. The van der Waals surface area contributed by atoms with E-state index in [4.69, 9.17) is 0 Å². The number of hydrogen-bond donors (Lipinski definition) is 1. The lowest BCUT2D eigenvalue weighted by Crippen LogP contribution is -2.43. The number of halogens is 3. The van der Waals surface area contributed by atoms with Crippen molar-refractivity contribution < 1.29 is 22.8 Å². The molecule has 0 bridgehead atoms. The van der Waals surface area contributed by atoms with Crippen LogP contribution in [0.25, 0.3) is 0 Å². The molecular weight excluding hydrogens is 333 g/mol. The second kappa shape index (κ2) is 6.58. The Kier molecular flexibility index (Phi) is 4.48. The van der Waals surface area contributed by atoms with Crippen molar-refractivity contribution in [3.05, 3.63) is 60.2 Å². The van der Waals surface area contributed by atoms with E-state index in [1.54, 1.807) is 42.5 Å². The maximum atomic E-state index is 13.0. The molecule has 2 amide bonds. The molecule has 1 N–H and O–H groups in total. The van der Waals surface area contributed by atoms with Crippen LogP contribution in [0.15, 0.2) is 54.6 Å². The Morgan fingerprint density at radius 2 is 1.72 bits per heavy atom. The van der Waals surface area contributed by atoms with Crippen LogP contribution in [0.2, 0.25) is 0 Å². The molecule has 0 saturated heterocycles. The second-order valence-electron chi connectivity index (χ2n) is 5.77. The summed E-state index contributed by atoms with van der Waals surface area (Å²) < 4.78 is 39.1. The number of hydrogen-bond acceptors (Lipinski definition) is 2. The van der Waals surface area contributed by atoms with Gasteiger partial charge in [0.25, 0.3) is 0 Å². The summed E-state index contributed by atoms with van der Waals surface area (Å²) in [6.45, 7) is -1.41. The Balaban J connectivity index is 1.99. The Labute approximate surface area is 142 Å². The van der Waals surface area contributed by atoms with E-state index in [-0.39, 0.29) is 12.1 Å². The summed E-state index contributed by atoms with van der Waals surface area (Å²) in [5.74, 6) is -2.09. The first-order chi connectivity index (χ1) is 11.8. The molecule has 0 aromatic heterocycles. The van der Waals surface area contributed by atoms with Gasteiger partial charge in [-0.25, -0.2) is 0 Å². The number of rotatable bonds is 3. The molecule has 1 aliphatic rings. The van der Waals surface area contributed by atoms with Crippen LogP contribution in [0.3, 0.4) is 0 Å². The molecule has 130 valence electrons. The second-order valence-corrected chi connectivity index (χ2v) is 5.77. The lowest BCUT2D eigenvalue weighted by molar-refractivity contribution is -0.134. The summed E-state index contributed by atoms with van der Waals surface area (Å²) in [5, 5.41) is 2.64. The first-order valence-electron chi connectivity index (χ1n) is 7.67. The Hall–Kier alpha value is -2.83. The summed E-state index contributed by atoms with van der Waals surface area (Å²) in [7, 11) is 0. The molecule has 0 saturated carbocycles. The van der Waals surface area contributed by atoms with E-state index < -0.39 is 30.5 Å². The molecule has 1 aliphatic heterocycles. The van der Waals surface area contributed by atoms with Crippen LogP contribution >= 0.6 is 0 Å². The van der Waals surface area contributed by atoms with E-state index in [0.717, 1.165) is 0 Å². The minimum absolute atomic E-state index is 0.147. The van der Waals surface area contributed by atoms with Crippen molar-refractivity contribution in [3.63, 3.8) is 0 Å². The van der Waals surface area contributed by atoms with Gasteiger partial charge in [-0.15, -0.1) is 0 Å². The third kappa shape index (κ3) is 3.81. The number of nitrogens with one attached hydrogen (secondary N) is 1. The minimum atomic E-state index is -4.55. The van der Waals surface area contributed by atoms with Crippen LogP contribution in [0.4, 0.5) is 24.5 Å². The zero-order chi connectivity index (χ0) is 18.0. The first kappa shape index (κ1) is 17.0. The molecule has 7 heteroatoms. The van der Waals surface area contributed by atoms with Gasteiger partial charge < -0.3 is 10.2 Å². The molecular formula is C18H15F3N2O2. The molecule has 0 aliphatic carbocycles. The van der Waals surface area contributed by atoms with Gasteiger partial charge in [0.05, 0.1) is 5.92 Å². The Morgan fingerprint density at radius 1 is 1.08 bits per heavy atom. The average Bonchev–Trinajstić information content (AvgIpc) is 2.58. The molecule has 0 spiro atoms. The SMILES string of the molecule is O=C1C[C@H](C(=O)N(CC(F)(F)F)c2ccccc2)c2ccccc2N1. The van der Waals surface area contributed by atoms with Crippen molar-refractivity contribution >= 4 is 23.2 Å². The maximum absolute atomic E-state index is 13.0. The van der Waals surface area contributed by atoms with Gasteiger partial charge in [-0.3, -0.25) is 9.59 Å². The summed E-state index contributed by atoms with van der Waals surface area (Å²) in [4.78, 5) is 25.5.